The van der Waals surface area contributed by atoms with E-state index in [1.807, 2.05) is 0 Å². The van der Waals surface area contributed by atoms with Crippen LogP contribution in [0.15, 0.2) is 4.52 Å². The minimum absolute atomic E-state index is 0.0733. The third-order valence-electron chi connectivity index (χ3n) is 7.20. The van der Waals surface area contributed by atoms with Crippen LogP contribution in [0.3, 0.4) is 0 Å². The van der Waals surface area contributed by atoms with Crippen LogP contribution in [0.25, 0.3) is 10.4 Å². The smallest absolute Gasteiger partial charge is 0.236 e. The summed E-state index contributed by atoms with van der Waals surface area (Å²) in [6, 6.07) is 0. The van der Waals surface area contributed by atoms with Crippen molar-refractivity contribution in [1.29, 1.82) is 0 Å². The molecule has 24 heavy (non-hydrogen) atoms. The molecule has 2 aliphatic rings. The van der Waals surface area contributed by atoms with Crippen LogP contribution < -0.4 is 0 Å². The molecule has 2 bridgehead atoms. The van der Waals surface area contributed by atoms with Gasteiger partial charge in [-0.05, 0) is 54.3 Å². The minimum Gasteiger partial charge on any atom is -0.413 e. The van der Waals surface area contributed by atoms with Gasteiger partial charge >= 0.3 is 0 Å². The van der Waals surface area contributed by atoms with Crippen LogP contribution in [0.1, 0.15) is 53.9 Å². The summed E-state index contributed by atoms with van der Waals surface area (Å²) >= 11 is 0. The molecule has 0 unspecified atom stereocenters. The molecule has 3 atom stereocenters. The number of hydrogen-bond acceptors (Lipinski definition) is 3. The van der Waals surface area contributed by atoms with Crippen LogP contribution in [-0.2, 0) is 14.4 Å². The quantitative estimate of drug-likeness (QED) is 0.298. The summed E-state index contributed by atoms with van der Waals surface area (Å²) < 4.78 is 34.4. The van der Waals surface area contributed by atoms with Crippen molar-refractivity contribution >= 4 is 18.3 Å². The fourth-order valence-electron chi connectivity index (χ4n) is 4.45. The van der Waals surface area contributed by atoms with E-state index in [-0.39, 0.29) is 22.3 Å². The number of rotatable bonds is 5. The second-order valence-corrected chi connectivity index (χ2v) is 16.0. The third-order valence-corrected chi connectivity index (χ3v) is 12.9. The molecule has 2 rings (SSSR count). The molecule has 138 valence electrons. The molecule has 0 radical (unpaired) electrons. The van der Waals surface area contributed by atoms with E-state index >= 15 is 0 Å². The highest BCUT2D eigenvalue weighted by molar-refractivity contribution is 7.90. The summed E-state index contributed by atoms with van der Waals surface area (Å²) in [5, 5.41) is 0.0733. The summed E-state index contributed by atoms with van der Waals surface area (Å²) in [5.41, 5.74) is 8.00. The van der Waals surface area contributed by atoms with Crippen LogP contribution in [0, 0.1) is 16.7 Å². The molecule has 2 aliphatic carbocycles. The second kappa shape index (κ2) is 5.73. The number of azide groups is 1. The lowest BCUT2D eigenvalue weighted by Crippen LogP contribution is -2.52. The van der Waals surface area contributed by atoms with Gasteiger partial charge in [0.2, 0.25) is 10.0 Å². The van der Waals surface area contributed by atoms with Crippen LogP contribution in [0.5, 0.6) is 0 Å². The number of hydrogen-bond donors (Lipinski definition) is 0. The second-order valence-electron chi connectivity index (χ2n) is 9.61. The number of sulfonamides is 1. The molecule has 6 nitrogen and oxygen atoms in total. The zero-order valence-electron chi connectivity index (χ0n) is 16.0. The molecular formula is C16H31N3O3SSi. The predicted molar refractivity (Wildman–Crippen MR) is 98.6 cm³/mol. The Bertz CT molecular complexity index is 663. The Morgan fingerprint density at radius 3 is 2.38 bits per heavy atom. The first kappa shape index (κ1) is 19.8. The van der Waals surface area contributed by atoms with E-state index < -0.39 is 23.8 Å². The van der Waals surface area contributed by atoms with Gasteiger partial charge in [0.15, 0.2) is 8.32 Å². The van der Waals surface area contributed by atoms with Crippen LogP contribution in [0.4, 0.5) is 0 Å². The topological polar surface area (TPSA) is 92.1 Å². The van der Waals surface area contributed by atoms with Crippen LogP contribution in [-0.4, -0.2) is 28.6 Å². The highest BCUT2D eigenvalue weighted by Gasteiger charge is 2.66. The van der Waals surface area contributed by atoms with Crippen molar-refractivity contribution in [3.63, 3.8) is 0 Å². The molecule has 0 N–H and O–H groups in total. The lowest BCUT2D eigenvalue weighted by molar-refractivity contribution is 0.0237. The van der Waals surface area contributed by atoms with E-state index in [0.29, 0.717) is 5.92 Å². The number of nitrogens with zero attached hydrogens (tertiary/aromatic N) is 3. The average Bonchev–Trinajstić information content (AvgIpc) is 2.70. The van der Waals surface area contributed by atoms with Crippen molar-refractivity contribution in [3.8, 4) is 0 Å². The Balaban J connectivity index is 2.41. The molecule has 0 aromatic heterocycles. The Kier molecular flexibility index (Phi) is 4.71. The van der Waals surface area contributed by atoms with Gasteiger partial charge in [-0.15, -0.1) is 0 Å². The van der Waals surface area contributed by atoms with Gasteiger partial charge in [-0.3, -0.25) is 0 Å². The van der Waals surface area contributed by atoms with E-state index in [1.54, 1.807) is 0 Å². The summed E-state index contributed by atoms with van der Waals surface area (Å²) in [6.07, 6.45) is 2.68. The monoisotopic (exact) mass is 373 g/mol. The Hall–Kier alpha value is -0.563. The summed E-state index contributed by atoms with van der Waals surface area (Å²) in [6.45, 7) is 15.3. The van der Waals surface area contributed by atoms with Crippen molar-refractivity contribution < 1.29 is 12.8 Å². The van der Waals surface area contributed by atoms with E-state index in [0.717, 1.165) is 19.3 Å². The molecule has 0 aliphatic heterocycles. The summed E-state index contributed by atoms with van der Waals surface area (Å²) in [5.74, 6) is 0.362. The fourth-order valence-corrected chi connectivity index (χ4v) is 7.36. The highest BCUT2D eigenvalue weighted by atomic mass is 32.2. The van der Waals surface area contributed by atoms with Crippen molar-refractivity contribution in [2.24, 2.45) is 21.3 Å². The molecular weight excluding hydrogens is 342 g/mol. The van der Waals surface area contributed by atoms with Gasteiger partial charge < -0.3 is 4.43 Å². The van der Waals surface area contributed by atoms with Gasteiger partial charge in [-0.2, -0.15) is 0 Å². The molecule has 0 aromatic rings. The average molecular weight is 374 g/mol. The maximum absolute atomic E-state index is 12.3. The zero-order valence-corrected chi connectivity index (χ0v) is 17.8. The van der Waals surface area contributed by atoms with Crippen molar-refractivity contribution in [2.75, 3.05) is 5.75 Å². The molecule has 0 aromatic carbocycles. The fraction of sp³-hybridized carbons (Fsp3) is 1.00. The molecule has 8 heteroatoms. The predicted octanol–water partition coefficient (Wildman–Crippen LogP) is 4.84. The highest BCUT2D eigenvalue weighted by Crippen LogP contribution is 2.67. The van der Waals surface area contributed by atoms with Crippen molar-refractivity contribution in [3.05, 3.63) is 10.4 Å². The van der Waals surface area contributed by atoms with Crippen molar-refractivity contribution in [1.82, 2.24) is 0 Å². The molecule has 0 amide bonds. The van der Waals surface area contributed by atoms with Gasteiger partial charge in [0.05, 0.1) is 11.9 Å². The van der Waals surface area contributed by atoms with Crippen LogP contribution >= 0.6 is 0 Å². The van der Waals surface area contributed by atoms with Gasteiger partial charge in [0, 0.05) is 14.8 Å². The summed E-state index contributed by atoms with van der Waals surface area (Å²) in [4.78, 5) is 2.52. The summed E-state index contributed by atoms with van der Waals surface area (Å²) in [7, 11) is -5.82. The lowest BCUT2D eigenvalue weighted by atomic mass is 9.70. The van der Waals surface area contributed by atoms with E-state index in [1.165, 1.54) is 0 Å². The number of fused-ring (bicyclic) bond motifs is 2. The standard InChI is InChI=1S/C16H31N3O3SSi/c1-14(2,3)24(6,7)22-13-10-12-8-9-16(13,15(12,4)5)11-23(20,21)19-18-17/h12-13H,8-11H2,1-7H3/t12-,13+,16-/m1/s1. The molecule has 2 saturated carbocycles. The largest absolute Gasteiger partial charge is 0.413 e. The van der Waals surface area contributed by atoms with E-state index in [9.17, 15) is 8.42 Å². The van der Waals surface area contributed by atoms with Gasteiger partial charge in [-0.1, -0.05) is 34.6 Å². The first-order valence-corrected chi connectivity index (χ1v) is 13.2. The maximum atomic E-state index is 12.3. The lowest BCUT2D eigenvalue weighted by Gasteiger charge is -2.47. The first-order valence-electron chi connectivity index (χ1n) is 8.65. The Morgan fingerprint density at radius 2 is 1.92 bits per heavy atom. The molecule has 2 fully saturated rings. The normalized spacial score (nSPS) is 32.6. The Labute approximate surface area is 147 Å². The van der Waals surface area contributed by atoms with E-state index in [4.69, 9.17) is 9.96 Å². The van der Waals surface area contributed by atoms with Gasteiger partial charge in [0.25, 0.3) is 0 Å². The Morgan fingerprint density at radius 1 is 1.33 bits per heavy atom. The third kappa shape index (κ3) is 3.02. The SMILES string of the molecule is CC1(C)[C@@H]2CC[C@@]1(CS(=O)(=O)N=[N+]=[N-])[C@@H](O[Si](C)(C)C(C)(C)C)C2. The molecule has 0 saturated heterocycles. The minimum atomic E-state index is -3.81. The molecule has 0 heterocycles. The molecule has 0 spiro atoms. The first-order chi connectivity index (χ1) is 10.7. The van der Waals surface area contributed by atoms with Crippen LogP contribution in [0.2, 0.25) is 18.1 Å². The van der Waals surface area contributed by atoms with E-state index in [2.05, 4.69) is 57.1 Å². The van der Waals surface area contributed by atoms with Gasteiger partial charge in [-0.25, -0.2) is 8.42 Å². The van der Waals surface area contributed by atoms with Gasteiger partial charge in [0.1, 0.15) is 0 Å². The maximum Gasteiger partial charge on any atom is 0.236 e. The zero-order chi connectivity index (χ0) is 18.6. The van der Waals surface area contributed by atoms with Crippen molar-refractivity contribution in [2.45, 2.75) is 78.1 Å².